The van der Waals surface area contributed by atoms with E-state index in [0.717, 1.165) is 23.8 Å². The van der Waals surface area contributed by atoms with Gasteiger partial charge in [0.25, 0.3) is 0 Å². The number of nitrogens with zero attached hydrogens (tertiary/aromatic N) is 2. The molecule has 7 nitrogen and oxygen atoms in total. The SMILES string of the molecule is CC[C@H](C)NC(=O)[C@H](C)N(Cc1ccc(F)cc1)C(=O)CCCN(c1ccc(C)c(C)c1)S(C)(=O)=O. The fourth-order valence-electron chi connectivity index (χ4n) is 3.72. The van der Waals surface area contributed by atoms with Crippen molar-refractivity contribution in [3.8, 4) is 0 Å². The number of amides is 2. The van der Waals surface area contributed by atoms with Crippen molar-refractivity contribution in [2.75, 3.05) is 17.1 Å². The topological polar surface area (TPSA) is 86.8 Å². The van der Waals surface area contributed by atoms with Crippen molar-refractivity contribution in [2.24, 2.45) is 0 Å². The normalized spacial score (nSPS) is 13.1. The third-order valence-corrected chi connectivity index (χ3v) is 7.56. The van der Waals surface area contributed by atoms with E-state index in [9.17, 15) is 22.4 Å². The van der Waals surface area contributed by atoms with Crippen LogP contribution >= 0.6 is 0 Å². The number of carbonyl (C=O) groups is 2. The van der Waals surface area contributed by atoms with Crippen molar-refractivity contribution in [1.29, 1.82) is 0 Å². The van der Waals surface area contributed by atoms with Crippen molar-refractivity contribution in [3.63, 3.8) is 0 Å². The lowest BCUT2D eigenvalue weighted by atomic mass is 10.1. The van der Waals surface area contributed by atoms with Crippen molar-refractivity contribution >= 4 is 27.5 Å². The second-order valence-corrected chi connectivity index (χ2v) is 11.3. The van der Waals surface area contributed by atoms with E-state index in [4.69, 9.17) is 0 Å². The summed E-state index contributed by atoms with van der Waals surface area (Å²) in [6, 6.07) is 10.5. The van der Waals surface area contributed by atoms with E-state index in [2.05, 4.69) is 5.32 Å². The van der Waals surface area contributed by atoms with E-state index >= 15 is 0 Å². The van der Waals surface area contributed by atoms with Gasteiger partial charge in [0.05, 0.1) is 11.9 Å². The van der Waals surface area contributed by atoms with Crippen LogP contribution in [0, 0.1) is 19.7 Å². The summed E-state index contributed by atoms with van der Waals surface area (Å²) < 4.78 is 39.6. The van der Waals surface area contributed by atoms with E-state index in [1.165, 1.54) is 21.3 Å². The standard InChI is InChI=1S/C27H38FN3O4S/c1-7-21(4)29-27(33)22(5)30(18-23-11-13-24(28)14-12-23)26(32)9-8-16-31(36(6,34)35)25-15-10-19(2)20(3)17-25/h10-15,17,21-22H,7-9,16,18H2,1-6H3,(H,29,33)/t21-,22-/m0/s1. The Morgan fingerprint density at radius 1 is 1.03 bits per heavy atom. The number of carbonyl (C=O) groups excluding carboxylic acids is 2. The van der Waals surface area contributed by atoms with E-state index in [-0.39, 0.29) is 49.6 Å². The number of anilines is 1. The Morgan fingerprint density at radius 2 is 1.67 bits per heavy atom. The highest BCUT2D eigenvalue weighted by Crippen LogP contribution is 2.22. The molecule has 2 rings (SSSR count). The summed E-state index contributed by atoms with van der Waals surface area (Å²) in [6.07, 6.45) is 2.23. The molecule has 198 valence electrons. The second-order valence-electron chi connectivity index (χ2n) is 9.35. The van der Waals surface area contributed by atoms with Gasteiger partial charge in [-0.05, 0) is 81.5 Å². The number of sulfonamides is 1. The third kappa shape index (κ3) is 8.33. The summed E-state index contributed by atoms with van der Waals surface area (Å²) in [5, 5.41) is 2.90. The van der Waals surface area contributed by atoms with Crippen LogP contribution in [0.3, 0.4) is 0 Å². The van der Waals surface area contributed by atoms with Crippen LogP contribution in [0.2, 0.25) is 0 Å². The molecule has 36 heavy (non-hydrogen) atoms. The molecule has 0 aliphatic rings. The number of nitrogens with one attached hydrogen (secondary N) is 1. The minimum atomic E-state index is -3.56. The first-order valence-electron chi connectivity index (χ1n) is 12.2. The Hall–Kier alpha value is -2.94. The van der Waals surface area contributed by atoms with Gasteiger partial charge in [0.15, 0.2) is 0 Å². The molecule has 2 aromatic carbocycles. The number of aryl methyl sites for hydroxylation is 2. The van der Waals surface area contributed by atoms with Crippen LogP contribution in [-0.4, -0.2) is 50.0 Å². The Morgan fingerprint density at radius 3 is 2.22 bits per heavy atom. The number of hydrogen-bond donors (Lipinski definition) is 1. The Balaban J connectivity index is 2.18. The lowest BCUT2D eigenvalue weighted by Gasteiger charge is -2.30. The predicted octanol–water partition coefficient (Wildman–Crippen LogP) is 4.32. The molecule has 0 unspecified atom stereocenters. The van der Waals surface area contributed by atoms with Crippen LogP contribution in [0.5, 0.6) is 0 Å². The molecular formula is C27H38FN3O4S. The van der Waals surface area contributed by atoms with Gasteiger partial charge in [0.1, 0.15) is 11.9 Å². The quantitative estimate of drug-likeness (QED) is 0.453. The lowest BCUT2D eigenvalue weighted by Crippen LogP contribution is -2.49. The maximum atomic E-state index is 13.4. The number of rotatable bonds is 12. The first-order chi connectivity index (χ1) is 16.8. The van der Waals surface area contributed by atoms with Crippen LogP contribution in [0.25, 0.3) is 0 Å². The molecule has 0 saturated heterocycles. The van der Waals surface area contributed by atoms with Crippen LogP contribution in [0.15, 0.2) is 42.5 Å². The molecular weight excluding hydrogens is 481 g/mol. The molecule has 0 radical (unpaired) electrons. The van der Waals surface area contributed by atoms with Crippen LogP contribution in [0.4, 0.5) is 10.1 Å². The molecule has 0 bridgehead atoms. The summed E-state index contributed by atoms with van der Waals surface area (Å²) in [4.78, 5) is 27.6. The van der Waals surface area contributed by atoms with Crippen molar-refractivity contribution in [3.05, 3.63) is 65.0 Å². The summed E-state index contributed by atoms with van der Waals surface area (Å²) in [6.45, 7) is 9.66. The van der Waals surface area contributed by atoms with Gasteiger partial charge in [-0.25, -0.2) is 12.8 Å². The van der Waals surface area contributed by atoms with Crippen molar-refractivity contribution in [1.82, 2.24) is 10.2 Å². The molecule has 2 atom stereocenters. The Labute approximate surface area is 214 Å². The van der Waals surface area contributed by atoms with E-state index in [1.54, 1.807) is 25.1 Å². The van der Waals surface area contributed by atoms with Gasteiger partial charge in [0.2, 0.25) is 21.8 Å². The van der Waals surface area contributed by atoms with Crippen LogP contribution in [0.1, 0.15) is 56.7 Å². The Bertz CT molecular complexity index is 1150. The summed E-state index contributed by atoms with van der Waals surface area (Å²) in [5.41, 5.74) is 3.28. The summed E-state index contributed by atoms with van der Waals surface area (Å²) in [7, 11) is -3.56. The molecule has 0 aliphatic heterocycles. The molecule has 0 saturated carbocycles. The lowest BCUT2D eigenvalue weighted by molar-refractivity contribution is -0.140. The molecule has 1 N–H and O–H groups in total. The minimum absolute atomic E-state index is 0.0380. The zero-order chi connectivity index (χ0) is 27.0. The highest BCUT2D eigenvalue weighted by atomic mass is 32.2. The smallest absolute Gasteiger partial charge is 0.242 e. The Kier molecular flexibility index (Phi) is 10.5. The average Bonchev–Trinajstić information content (AvgIpc) is 2.81. The minimum Gasteiger partial charge on any atom is -0.352 e. The molecule has 2 amide bonds. The van der Waals surface area contributed by atoms with Gasteiger partial charge in [0, 0.05) is 25.6 Å². The maximum Gasteiger partial charge on any atom is 0.242 e. The average molecular weight is 520 g/mol. The molecule has 0 aliphatic carbocycles. The van der Waals surface area contributed by atoms with E-state index in [0.29, 0.717) is 11.3 Å². The molecule has 0 heterocycles. The van der Waals surface area contributed by atoms with Crippen LogP contribution in [-0.2, 0) is 26.2 Å². The largest absolute Gasteiger partial charge is 0.352 e. The molecule has 0 spiro atoms. The molecule has 9 heteroatoms. The van der Waals surface area contributed by atoms with Crippen molar-refractivity contribution < 1.29 is 22.4 Å². The zero-order valence-corrected chi connectivity index (χ0v) is 22.9. The van der Waals surface area contributed by atoms with E-state index < -0.39 is 16.1 Å². The summed E-state index contributed by atoms with van der Waals surface area (Å²) >= 11 is 0. The van der Waals surface area contributed by atoms with E-state index in [1.807, 2.05) is 39.8 Å². The van der Waals surface area contributed by atoms with Crippen LogP contribution < -0.4 is 9.62 Å². The monoisotopic (exact) mass is 519 g/mol. The van der Waals surface area contributed by atoms with Gasteiger partial charge < -0.3 is 10.2 Å². The molecule has 0 fully saturated rings. The first kappa shape index (κ1) is 29.3. The highest BCUT2D eigenvalue weighted by Gasteiger charge is 2.27. The third-order valence-electron chi connectivity index (χ3n) is 6.37. The first-order valence-corrected chi connectivity index (χ1v) is 14.1. The number of hydrogen-bond acceptors (Lipinski definition) is 4. The van der Waals surface area contributed by atoms with Crippen molar-refractivity contribution in [2.45, 2.75) is 72.5 Å². The van der Waals surface area contributed by atoms with Gasteiger partial charge in [-0.1, -0.05) is 25.1 Å². The van der Waals surface area contributed by atoms with Gasteiger partial charge >= 0.3 is 0 Å². The number of halogens is 1. The summed E-state index contributed by atoms with van der Waals surface area (Å²) in [5.74, 6) is -0.932. The van der Waals surface area contributed by atoms with Gasteiger partial charge in [-0.2, -0.15) is 0 Å². The predicted molar refractivity (Wildman–Crippen MR) is 142 cm³/mol. The fourth-order valence-corrected chi connectivity index (χ4v) is 4.68. The molecule has 2 aromatic rings. The zero-order valence-electron chi connectivity index (χ0n) is 22.0. The van der Waals surface area contributed by atoms with Gasteiger partial charge in [-0.15, -0.1) is 0 Å². The molecule has 0 aromatic heterocycles. The fraction of sp³-hybridized carbons (Fsp3) is 0.481. The number of benzene rings is 2. The second kappa shape index (κ2) is 12.9. The van der Waals surface area contributed by atoms with Gasteiger partial charge in [-0.3, -0.25) is 13.9 Å². The maximum absolute atomic E-state index is 13.4. The highest BCUT2D eigenvalue weighted by molar-refractivity contribution is 7.92.